The highest BCUT2D eigenvalue weighted by molar-refractivity contribution is 7.89. The van der Waals surface area contributed by atoms with Gasteiger partial charge in [0.15, 0.2) is 0 Å². The predicted molar refractivity (Wildman–Crippen MR) is 106 cm³/mol. The van der Waals surface area contributed by atoms with Crippen molar-refractivity contribution in [2.24, 2.45) is 0 Å². The number of sulfonamides is 1. The van der Waals surface area contributed by atoms with E-state index in [0.29, 0.717) is 24.0 Å². The molecule has 1 aromatic carbocycles. The van der Waals surface area contributed by atoms with Crippen LogP contribution >= 0.6 is 0 Å². The molecular weight excluding hydrogens is 362 g/mol. The molecule has 0 radical (unpaired) electrons. The van der Waals surface area contributed by atoms with Crippen molar-refractivity contribution in [2.45, 2.75) is 37.9 Å². The Morgan fingerprint density at radius 3 is 2.70 bits per heavy atom. The van der Waals surface area contributed by atoms with Gasteiger partial charge in [0.1, 0.15) is 5.82 Å². The third-order valence-corrected chi connectivity index (χ3v) is 6.59. The molecule has 3 rings (SSSR count). The van der Waals surface area contributed by atoms with E-state index in [1.807, 2.05) is 18.5 Å². The number of aromatic nitrogens is 2. The van der Waals surface area contributed by atoms with Gasteiger partial charge in [-0.15, -0.1) is 0 Å². The lowest BCUT2D eigenvalue weighted by Crippen LogP contribution is -2.52. The van der Waals surface area contributed by atoms with Gasteiger partial charge in [0.25, 0.3) is 0 Å². The Morgan fingerprint density at radius 2 is 2.00 bits per heavy atom. The summed E-state index contributed by atoms with van der Waals surface area (Å²) in [6.45, 7) is 10.1. The fraction of sp³-hybridized carbons (Fsp3) is 0.526. The van der Waals surface area contributed by atoms with E-state index in [1.165, 1.54) is 0 Å². The van der Waals surface area contributed by atoms with E-state index in [1.54, 1.807) is 24.3 Å². The molecule has 0 saturated carbocycles. The Hall–Kier alpha value is -1.74. The van der Waals surface area contributed by atoms with Gasteiger partial charge in [0.05, 0.1) is 11.4 Å². The summed E-state index contributed by atoms with van der Waals surface area (Å²) >= 11 is 0. The summed E-state index contributed by atoms with van der Waals surface area (Å²) in [4.78, 5) is 9.55. The highest BCUT2D eigenvalue weighted by Gasteiger charge is 2.24. The summed E-state index contributed by atoms with van der Waals surface area (Å²) in [5.74, 6) is 1.11. The second kappa shape index (κ2) is 8.97. The highest BCUT2D eigenvalue weighted by atomic mass is 32.2. The molecule has 0 spiro atoms. The molecule has 1 aliphatic rings. The van der Waals surface area contributed by atoms with Crippen LogP contribution in [0.25, 0.3) is 0 Å². The van der Waals surface area contributed by atoms with E-state index in [4.69, 9.17) is 0 Å². The zero-order chi connectivity index (χ0) is 19.3. The molecular formula is C19H29N5O2S. The molecule has 0 amide bonds. The standard InChI is InChI=1S/C19H29N5O2S/c1-3-23-12-9-20-19(23)16-24-14-13-22(15-17(24)2)11-10-21-27(25,26)18-7-5-4-6-8-18/h4-9,12,17,21H,3,10-11,13-16H2,1-2H3/t17-/m1/s1. The molecule has 2 heterocycles. The van der Waals surface area contributed by atoms with E-state index in [0.717, 1.165) is 38.5 Å². The number of nitrogens with zero attached hydrogens (tertiary/aromatic N) is 4. The SMILES string of the molecule is CCn1ccnc1CN1CCN(CCNS(=O)(=O)c2ccccc2)C[C@H]1C. The van der Waals surface area contributed by atoms with Gasteiger partial charge < -0.3 is 4.57 Å². The van der Waals surface area contributed by atoms with Gasteiger partial charge in [0.2, 0.25) is 10.0 Å². The van der Waals surface area contributed by atoms with E-state index in [9.17, 15) is 8.42 Å². The Balaban J connectivity index is 1.46. The molecule has 1 fully saturated rings. The van der Waals surface area contributed by atoms with Crippen molar-refractivity contribution in [3.8, 4) is 0 Å². The summed E-state index contributed by atoms with van der Waals surface area (Å²) in [6.07, 6.45) is 3.88. The number of benzene rings is 1. The van der Waals surface area contributed by atoms with Crippen molar-refractivity contribution in [1.29, 1.82) is 0 Å². The number of hydrogen-bond acceptors (Lipinski definition) is 5. The maximum absolute atomic E-state index is 12.3. The Kier molecular flexibility index (Phi) is 6.64. The van der Waals surface area contributed by atoms with E-state index >= 15 is 0 Å². The van der Waals surface area contributed by atoms with Crippen molar-refractivity contribution in [3.05, 3.63) is 48.5 Å². The maximum Gasteiger partial charge on any atom is 0.240 e. The highest BCUT2D eigenvalue weighted by Crippen LogP contribution is 2.13. The molecule has 1 N–H and O–H groups in total. The van der Waals surface area contributed by atoms with Crippen LogP contribution in [0.1, 0.15) is 19.7 Å². The molecule has 7 nitrogen and oxygen atoms in total. The van der Waals surface area contributed by atoms with Gasteiger partial charge in [-0.05, 0) is 26.0 Å². The number of aryl methyl sites for hydroxylation is 1. The summed E-state index contributed by atoms with van der Waals surface area (Å²) in [6, 6.07) is 8.92. The minimum absolute atomic E-state index is 0.314. The van der Waals surface area contributed by atoms with Gasteiger partial charge in [-0.2, -0.15) is 0 Å². The summed E-state index contributed by atoms with van der Waals surface area (Å²) < 4.78 is 29.4. The fourth-order valence-electron chi connectivity index (χ4n) is 3.49. The van der Waals surface area contributed by atoms with Crippen LogP contribution in [0.3, 0.4) is 0 Å². The monoisotopic (exact) mass is 391 g/mol. The molecule has 0 bridgehead atoms. The number of nitrogens with one attached hydrogen (secondary N) is 1. The fourth-order valence-corrected chi connectivity index (χ4v) is 4.53. The number of rotatable bonds is 8. The first-order chi connectivity index (χ1) is 13.0. The second-order valence-corrected chi connectivity index (χ2v) is 8.73. The number of piperazine rings is 1. The van der Waals surface area contributed by atoms with Crippen LogP contribution in [0.15, 0.2) is 47.6 Å². The minimum Gasteiger partial charge on any atom is -0.334 e. The van der Waals surface area contributed by atoms with Crippen molar-refractivity contribution < 1.29 is 8.42 Å². The smallest absolute Gasteiger partial charge is 0.240 e. The molecule has 1 aliphatic heterocycles. The summed E-state index contributed by atoms with van der Waals surface area (Å²) in [5, 5.41) is 0. The van der Waals surface area contributed by atoms with E-state index < -0.39 is 10.0 Å². The Bertz CT molecular complexity index is 822. The van der Waals surface area contributed by atoms with E-state index in [2.05, 4.69) is 37.9 Å². The molecule has 148 valence electrons. The quantitative estimate of drug-likeness (QED) is 0.736. The number of imidazole rings is 1. The molecule has 2 aromatic rings. The number of hydrogen-bond donors (Lipinski definition) is 1. The third kappa shape index (κ3) is 5.16. The normalized spacial score (nSPS) is 19.4. The lowest BCUT2D eigenvalue weighted by molar-refractivity contribution is 0.0763. The predicted octanol–water partition coefficient (Wildman–Crippen LogP) is 1.39. The lowest BCUT2D eigenvalue weighted by Gasteiger charge is -2.39. The van der Waals surface area contributed by atoms with Crippen LogP contribution in [0.5, 0.6) is 0 Å². The Labute approximate surface area is 162 Å². The van der Waals surface area contributed by atoms with Gasteiger partial charge in [0, 0.05) is 57.7 Å². The van der Waals surface area contributed by atoms with Gasteiger partial charge in [-0.25, -0.2) is 18.1 Å². The first kappa shape index (κ1) is 20.0. The van der Waals surface area contributed by atoms with Crippen molar-refractivity contribution >= 4 is 10.0 Å². The first-order valence-electron chi connectivity index (χ1n) is 9.50. The summed E-state index contributed by atoms with van der Waals surface area (Å²) in [7, 11) is -3.43. The Morgan fingerprint density at radius 1 is 1.22 bits per heavy atom. The van der Waals surface area contributed by atoms with Crippen LogP contribution in [-0.4, -0.2) is 66.5 Å². The zero-order valence-electron chi connectivity index (χ0n) is 16.1. The second-order valence-electron chi connectivity index (χ2n) is 6.96. The van der Waals surface area contributed by atoms with Gasteiger partial charge >= 0.3 is 0 Å². The molecule has 1 aromatic heterocycles. The lowest BCUT2D eigenvalue weighted by atomic mass is 10.2. The molecule has 1 saturated heterocycles. The minimum atomic E-state index is -3.43. The molecule has 27 heavy (non-hydrogen) atoms. The largest absolute Gasteiger partial charge is 0.334 e. The van der Waals surface area contributed by atoms with Crippen LogP contribution in [0.4, 0.5) is 0 Å². The van der Waals surface area contributed by atoms with E-state index in [-0.39, 0.29) is 0 Å². The first-order valence-corrected chi connectivity index (χ1v) is 11.0. The van der Waals surface area contributed by atoms with Crippen LogP contribution in [0, 0.1) is 0 Å². The molecule has 1 atom stereocenters. The molecule has 0 unspecified atom stereocenters. The van der Waals surface area contributed by atoms with Gasteiger partial charge in [-0.3, -0.25) is 9.80 Å². The molecule has 8 heteroatoms. The maximum atomic E-state index is 12.3. The van der Waals surface area contributed by atoms with Crippen LogP contribution in [0.2, 0.25) is 0 Å². The topological polar surface area (TPSA) is 70.5 Å². The summed E-state index contributed by atoms with van der Waals surface area (Å²) in [5.41, 5.74) is 0. The van der Waals surface area contributed by atoms with Crippen molar-refractivity contribution in [3.63, 3.8) is 0 Å². The average Bonchev–Trinajstić information content (AvgIpc) is 3.12. The third-order valence-electron chi connectivity index (χ3n) is 5.11. The van der Waals surface area contributed by atoms with Crippen molar-refractivity contribution in [2.75, 3.05) is 32.7 Å². The average molecular weight is 392 g/mol. The van der Waals surface area contributed by atoms with Crippen LogP contribution < -0.4 is 4.72 Å². The molecule has 0 aliphatic carbocycles. The van der Waals surface area contributed by atoms with Crippen molar-refractivity contribution in [1.82, 2.24) is 24.1 Å². The zero-order valence-corrected chi connectivity index (χ0v) is 16.9. The van der Waals surface area contributed by atoms with Crippen LogP contribution in [-0.2, 0) is 23.1 Å². The van der Waals surface area contributed by atoms with Gasteiger partial charge in [-0.1, -0.05) is 18.2 Å².